The van der Waals surface area contributed by atoms with Crippen LogP contribution in [-0.2, 0) is 0 Å². The lowest BCUT2D eigenvalue weighted by atomic mass is 10.2. The minimum atomic E-state index is -1.18. The zero-order chi connectivity index (χ0) is 9.03. The molecule has 0 unspecified atom stereocenters. The number of hydrogen-bond acceptors (Lipinski definition) is 3. The molecule has 3 nitrogen and oxygen atoms in total. The Kier molecular flexibility index (Phi) is 2.89. The second-order valence-electron chi connectivity index (χ2n) is 3.58. The number of alkyl halides is 1. The fraction of sp³-hybridized carbons (Fsp3) is 0.875. The van der Waals surface area contributed by atoms with Crippen molar-refractivity contribution in [2.24, 2.45) is 4.99 Å². The van der Waals surface area contributed by atoms with E-state index in [0.717, 1.165) is 25.5 Å². The monoisotopic (exact) mass is 173 g/mol. The molecule has 0 saturated heterocycles. The van der Waals surface area contributed by atoms with Crippen LogP contribution in [0.3, 0.4) is 0 Å². The maximum atomic E-state index is 13.0. The number of nitrogens with one attached hydrogen (secondary N) is 2. The molecule has 0 radical (unpaired) electrons. The van der Waals surface area contributed by atoms with Crippen molar-refractivity contribution in [3.05, 3.63) is 0 Å². The third-order valence-corrected chi connectivity index (χ3v) is 1.57. The lowest BCUT2D eigenvalue weighted by molar-refractivity contribution is 0.219. The van der Waals surface area contributed by atoms with Gasteiger partial charge in [0.25, 0.3) is 0 Å². The topological polar surface area (TPSA) is 36.4 Å². The Labute approximate surface area is 72.4 Å². The zero-order valence-electron chi connectivity index (χ0n) is 7.65. The summed E-state index contributed by atoms with van der Waals surface area (Å²) in [4.78, 5) is 4.16. The number of halogens is 1. The fourth-order valence-corrected chi connectivity index (χ4v) is 0.945. The highest BCUT2D eigenvalue weighted by Gasteiger charge is 2.15. The summed E-state index contributed by atoms with van der Waals surface area (Å²) < 4.78 is 13.0. The second kappa shape index (κ2) is 3.74. The van der Waals surface area contributed by atoms with Crippen LogP contribution in [0.1, 0.15) is 20.3 Å². The molecule has 0 amide bonds. The van der Waals surface area contributed by atoms with Crippen molar-refractivity contribution in [3.63, 3.8) is 0 Å². The van der Waals surface area contributed by atoms with E-state index in [1.807, 2.05) is 0 Å². The van der Waals surface area contributed by atoms with Gasteiger partial charge in [0.05, 0.1) is 6.54 Å². The summed E-state index contributed by atoms with van der Waals surface area (Å²) in [7, 11) is 0. The van der Waals surface area contributed by atoms with Crippen LogP contribution < -0.4 is 10.6 Å². The Morgan fingerprint density at radius 3 is 2.92 bits per heavy atom. The first-order chi connectivity index (χ1) is 5.58. The van der Waals surface area contributed by atoms with Gasteiger partial charge in [-0.3, -0.25) is 4.99 Å². The molecule has 0 aromatic rings. The molecule has 1 heterocycles. The van der Waals surface area contributed by atoms with Gasteiger partial charge in [0, 0.05) is 13.1 Å². The van der Waals surface area contributed by atoms with Crippen LogP contribution in [0.15, 0.2) is 4.99 Å². The summed E-state index contributed by atoms with van der Waals surface area (Å²) >= 11 is 0. The van der Waals surface area contributed by atoms with Crippen LogP contribution in [0.25, 0.3) is 0 Å². The first kappa shape index (κ1) is 9.29. The Bertz CT molecular complexity index is 172. The highest BCUT2D eigenvalue weighted by atomic mass is 19.1. The molecule has 2 N–H and O–H groups in total. The van der Waals surface area contributed by atoms with Crippen LogP contribution in [0.5, 0.6) is 0 Å². The van der Waals surface area contributed by atoms with E-state index < -0.39 is 5.67 Å². The predicted octanol–water partition coefficient (Wildman–Crippen LogP) is 0.673. The van der Waals surface area contributed by atoms with E-state index in [2.05, 4.69) is 15.6 Å². The van der Waals surface area contributed by atoms with Crippen LogP contribution in [0.2, 0.25) is 0 Å². The molecule has 0 atom stereocenters. The average molecular weight is 173 g/mol. The van der Waals surface area contributed by atoms with Gasteiger partial charge in [0.2, 0.25) is 0 Å². The van der Waals surface area contributed by atoms with Crippen molar-refractivity contribution in [2.45, 2.75) is 25.9 Å². The normalized spacial score (nSPS) is 18.1. The van der Waals surface area contributed by atoms with Gasteiger partial charge in [-0.15, -0.1) is 0 Å². The second-order valence-corrected chi connectivity index (χ2v) is 3.58. The smallest absolute Gasteiger partial charge is 0.191 e. The summed E-state index contributed by atoms with van der Waals surface area (Å²) in [6.07, 6.45) is 1.06. The van der Waals surface area contributed by atoms with Gasteiger partial charge in [-0.2, -0.15) is 0 Å². The van der Waals surface area contributed by atoms with Crippen LogP contribution in [0, 0.1) is 0 Å². The Hall–Kier alpha value is -0.800. The van der Waals surface area contributed by atoms with E-state index in [1.165, 1.54) is 0 Å². The molecule has 1 aliphatic heterocycles. The summed E-state index contributed by atoms with van der Waals surface area (Å²) in [5.41, 5.74) is -1.18. The standard InChI is InChI=1S/C8H16FN3/c1-8(2,9)6-12-7-10-4-3-5-11-7/h3-6H2,1-2H3,(H2,10,11,12). The van der Waals surface area contributed by atoms with Crippen molar-refractivity contribution in [1.82, 2.24) is 10.6 Å². The molecule has 12 heavy (non-hydrogen) atoms. The lowest BCUT2D eigenvalue weighted by Gasteiger charge is -2.20. The Morgan fingerprint density at radius 1 is 1.67 bits per heavy atom. The maximum Gasteiger partial charge on any atom is 0.191 e. The Morgan fingerprint density at radius 2 is 2.42 bits per heavy atom. The van der Waals surface area contributed by atoms with E-state index in [0.29, 0.717) is 6.54 Å². The first-order valence-corrected chi connectivity index (χ1v) is 4.29. The van der Waals surface area contributed by atoms with Crippen LogP contribution in [-0.4, -0.2) is 31.3 Å². The number of rotatable bonds is 2. The molecule has 1 rings (SSSR count). The molecule has 1 aliphatic rings. The molecule has 70 valence electrons. The molecule has 0 bridgehead atoms. The van der Waals surface area contributed by atoms with E-state index in [1.54, 1.807) is 13.8 Å². The van der Waals surface area contributed by atoms with Gasteiger partial charge in [-0.25, -0.2) is 4.39 Å². The highest BCUT2D eigenvalue weighted by molar-refractivity contribution is 5.80. The molecule has 0 aromatic heterocycles. The molecule has 4 heteroatoms. The van der Waals surface area contributed by atoms with Gasteiger partial charge in [-0.1, -0.05) is 0 Å². The van der Waals surface area contributed by atoms with Crippen LogP contribution in [0.4, 0.5) is 4.39 Å². The summed E-state index contributed by atoms with van der Waals surface area (Å²) in [6, 6.07) is 0. The molecule has 0 saturated carbocycles. The average Bonchev–Trinajstić information content (AvgIpc) is 2.02. The van der Waals surface area contributed by atoms with Gasteiger partial charge < -0.3 is 10.6 Å². The third kappa shape index (κ3) is 3.55. The predicted molar refractivity (Wildman–Crippen MR) is 48.1 cm³/mol. The number of nitrogens with zero attached hydrogens (tertiary/aromatic N) is 1. The first-order valence-electron chi connectivity index (χ1n) is 4.29. The summed E-state index contributed by atoms with van der Waals surface area (Å²) in [6.45, 7) is 5.16. The van der Waals surface area contributed by atoms with E-state index in [-0.39, 0.29) is 0 Å². The number of aliphatic imine (C=N–C) groups is 1. The van der Waals surface area contributed by atoms with Gasteiger partial charge in [-0.05, 0) is 20.3 Å². The van der Waals surface area contributed by atoms with Crippen LogP contribution >= 0.6 is 0 Å². The maximum absolute atomic E-state index is 13.0. The van der Waals surface area contributed by atoms with Gasteiger partial charge in [0.15, 0.2) is 5.96 Å². The molecule has 0 fully saturated rings. The quantitative estimate of drug-likeness (QED) is 0.644. The van der Waals surface area contributed by atoms with Gasteiger partial charge in [0.1, 0.15) is 5.67 Å². The van der Waals surface area contributed by atoms with Crippen molar-refractivity contribution < 1.29 is 4.39 Å². The van der Waals surface area contributed by atoms with Crippen molar-refractivity contribution in [1.29, 1.82) is 0 Å². The molecule has 0 aliphatic carbocycles. The zero-order valence-corrected chi connectivity index (χ0v) is 7.65. The largest absolute Gasteiger partial charge is 0.356 e. The Balaban J connectivity index is 2.26. The minimum Gasteiger partial charge on any atom is -0.356 e. The van der Waals surface area contributed by atoms with Crippen molar-refractivity contribution >= 4 is 5.96 Å². The van der Waals surface area contributed by atoms with Crippen molar-refractivity contribution in [3.8, 4) is 0 Å². The highest BCUT2D eigenvalue weighted by Crippen LogP contribution is 2.05. The summed E-state index contributed by atoms with van der Waals surface area (Å²) in [5.74, 6) is 0.729. The van der Waals surface area contributed by atoms with Gasteiger partial charge >= 0.3 is 0 Å². The van der Waals surface area contributed by atoms with E-state index >= 15 is 0 Å². The molecular weight excluding hydrogens is 157 g/mol. The number of hydrogen-bond donors (Lipinski definition) is 2. The number of guanidine groups is 1. The molecule has 0 aromatic carbocycles. The van der Waals surface area contributed by atoms with E-state index in [9.17, 15) is 4.39 Å². The fourth-order valence-electron chi connectivity index (χ4n) is 0.945. The molecular formula is C8H16FN3. The minimum absolute atomic E-state index is 0.304. The summed E-state index contributed by atoms with van der Waals surface area (Å²) in [5, 5.41) is 5.99. The SMILES string of the molecule is CC(C)(F)CNC1=NCCCN1. The molecule has 0 spiro atoms. The van der Waals surface area contributed by atoms with E-state index in [4.69, 9.17) is 0 Å². The third-order valence-electron chi connectivity index (χ3n) is 1.57. The lowest BCUT2D eigenvalue weighted by Crippen LogP contribution is -2.45. The van der Waals surface area contributed by atoms with Crippen molar-refractivity contribution in [2.75, 3.05) is 19.6 Å².